The minimum atomic E-state index is -0.478. The second kappa shape index (κ2) is 4.86. The topological polar surface area (TPSA) is 29.1 Å². The summed E-state index contributed by atoms with van der Waals surface area (Å²) in [6, 6.07) is 4.53. The van der Waals surface area contributed by atoms with Crippen molar-refractivity contribution < 1.29 is 9.18 Å². The Labute approximate surface area is 102 Å². The maximum absolute atomic E-state index is 13.5. The van der Waals surface area contributed by atoms with E-state index in [1.54, 1.807) is 12.1 Å². The summed E-state index contributed by atoms with van der Waals surface area (Å²) in [6.07, 6.45) is 0. The molecule has 1 aromatic carbocycles. The molecule has 1 rings (SSSR count). The fraction of sp³-hybridized carbons (Fsp3) is 0.500. The normalized spacial score (nSPS) is 13.3. The zero-order valence-corrected chi connectivity index (χ0v) is 11.1. The van der Waals surface area contributed by atoms with Gasteiger partial charge >= 0.3 is 0 Å². The van der Waals surface area contributed by atoms with Crippen LogP contribution in [-0.2, 0) is 0 Å². The molecule has 94 valence electrons. The zero-order valence-electron chi connectivity index (χ0n) is 11.1. The molecule has 1 amide bonds. The second-order valence-electron chi connectivity index (χ2n) is 5.54. The number of aryl methyl sites for hydroxylation is 1. The lowest BCUT2D eigenvalue weighted by molar-refractivity contribution is 0.0906. The van der Waals surface area contributed by atoms with Crippen LogP contribution in [-0.4, -0.2) is 11.9 Å². The lowest BCUT2D eigenvalue weighted by atomic mass is 9.88. The third-order valence-corrected chi connectivity index (χ3v) is 3.01. The molecular weight excluding hydrogens is 217 g/mol. The molecule has 0 aliphatic rings. The highest BCUT2D eigenvalue weighted by molar-refractivity contribution is 5.94. The predicted molar refractivity (Wildman–Crippen MR) is 67.5 cm³/mol. The summed E-state index contributed by atoms with van der Waals surface area (Å²) >= 11 is 0. The van der Waals surface area contributed by atoms with Gasteiger partial charge in [0, 0.05) is 6.04 Å². The molecule has 0 saturated carbocycles. The molecule has 0 aliphatic heterocycles. The Morgan fingerprint density at radius 3 is 2.47 bits per heavy atom. The molecule has 0 bridgehead atoms. The number of nitrogens with one attached hydrogen (secondary N) is 1. The van der Waals surface area contributed by atoms with E-state index in [9.17, 15) is 9.18 Å². The summed E-state index contributed by atoms with van der Waals surface area (Å²) in [6.45, 7) is 9.86. The molecule has 2 nitrogen and oxygen atoms in total. The van der Waals surface area contributed by atoms with Crippen molar-refractivity contribution in [2.24, 2.45) is 5.41 Å². The first-order valence-corrected chi connectivity index (χ1v) is 5.79. The highest BCUT2D eigenvalue weighted by Gasteiger charge is 2.23. The van der Waals surface area contributed by atoms with E-state index in [-0.39, 0.29) is 22.9 Å². The third-order valence-electron chi connectivity index (χ3n) is 3.01. The van der Waals surface area contributed by atoms with Gasteiger partial charge in [0.05, 0.1) is 5.56 Å². The Bertz CT molecular complexity index is 421. The highest BCUT2D eigenvalue weighted by atomic mass is 19.1. The number of hydrogen-bond donors (Lipinski definition) is 1. The van der Waals surface area contributed by atoms with E-state index in [4.69, 9.17) is 0 Å². The van der Waals surface area contributed by atoms with Crippen molar-refractivity contribution in [1.29, 1.82) is 0 Å². The number of carbonyl (C=O) groups is 1. The number of rotatable bonds is 2. The van der Waals surface area contributed by atoms with Gasteiger partial charge in [-0.15, -0.1) is 0 Å². The average Bonchev–Trinajstić information content (AvgIpc) is 2.20. The van der Waals surface area contributed by atoms with E-state index in [1.165, 1.54) is 6.07 Å². The molecule has 1 unspecified atom stereocenters. The van der Waals surface area contributed by atoms with Crippen molar-refractivity contribution >= 4 is 5.91 Å². The van der Waals surface area contributed by atoms with E-state index in [1.807, 2.05) is 34.6 Å². The van der Waals surface area contributed by atoms with Crippen LogP contribution in [0.15, 0.2) is 18.2 Å². The maximum atomic E-state index is 13.5. The number of amides is 1. The minimum Gasteiger partial charge on any atom is -0.349 e. The van der Waals surface area contributed by atoms with Crippen molar-refractivity contribution in [3.63, 3.8) is 0 Å². The van der Waals surface area contributed by atoms with Crippen LogP contribution in [0.4, 0.5) is 4.39 Å². The molecule has 0 radical (unpaired) electrons. The van der Waals surface area contributed by atoms with E-state index in [0.29, 0.717) is 0 Å². The van der Waals surface area contributed by atoms with Crippen LogP contribution in [0, 0.1) is 18.2 Å². The van der Waals surface area contributed by atoms with Crippen LogP contribution in [0.3, 0.4) is 0 Å². The molecule has 0 aliphatic carbocycles. The molecule has 17 heavy (non-hydrogen) atoms. The minimum absolute atomic E-state index is 0.0186. The second-order valence-corrected chi connectivity index (χ2v) is 5.54. The first-order chi connectivity index (χ1) is 7.71. The van der Waals surface area contributed by atoms with Crippen LogP contribution in [0.5, 0.6) is 0 Å². The Balaban J connectivity index is 2.87. The Hall–Kier alpha value is -1.38. The first-order valence-electron chi connectivity index (χ1n) is 5.79. The fourth-order valence-electron chi connectivity index (χ4n) is 1.30. The lowest BCUT2D eigenvalue weighted by Crippen LogP contribution is -2.41. The summed E-state index contributed by atoms with van der Waals surface area (Å²) in [5.74, 6) is -0.831. The van der Waals surface area contributed by atoms with Crippen molar-refractivity contribution in [2.45, 2.75) is 40.7 Å². The summed E-state index contributed by atoms with van der Waals surface area (Å²) in [7, 11) is 0. The van der Waals surface area contributed by atoms with Gasteiger partial charge in [-0.3, -0.25) is 4.79 Å². The monoisotopic (exact) mass is 237 g/mol. The van der Waals surface area contributed by atoms with Gasteiger partial charge in [-0.2, -0.15) is 0 Å². The molecule has 0 saturated heterocycles. The smallest absolute Gasteiger partial charge is 0.254 e. The highest BCUT2D eigenvalue weighted by Crippen LogP contribution is 2.19. The Morgan fingerprint density at radius 1 is 1.35 bits per heavy atom. The van der Waals surface area contributed by atoms with Gasteiger partial charge in [-0.25, -0.2) is 4.39 Å². The van der Waals surface area contributed by atoms with Crippen molar-refractivity contribution in [3.05, 3.63) is 35.1 Å². The third kappa shape index (κ3) is 3.55. The van der Waals surface area contributed by atoms with E-state index in [2.05, 4.69) is 5.32 Å². The van der Waals surface area contributed by atoms with Crippen molar-refractivity contribution in [3.8, 4) is 0 Å². The average molecular weight is 237 g/mol. The Kier molecular flexibility index (Phi) is 3.91. The van der Waals surface area contributed by atoms with Crippen molar-refractivity contribution in [1.82, 2.24) is 5.32 Å². The van der Waals surface area contributed by atoms with Gasteiger partial charge in [0.1, 0.15) is 5.82 Å². The van der Waals surface area contributed by atoms with Gasteiger partial charge in [0.2, 0.25) is 0 Å². The summed E-state index contributed by atoms with van der Waals surface area (Å²) < 4.78 is 13.5. The zero-order chi connectivity index (χ0) is 13.2. The van der Waals surface area contributed by atoms with Gasteiger partial charge in [0.25, 0.3) is 5.91 Å². The number of carbonyl (C=O) groups excluding carboxylic acids is 1. The molecule has 0 heterocycles. The summed E-state index contributed by atoms with van der Waals surface area (Å²) in [4.78, 5) is 11.9. The fourth-order valence-corrected chi connectivity index (χ4v) is 1.30. The number of halogens is 1. The molecule has 3 heteroatoms. The van der Waals surface area contributed by atoms with Crippen molar-refractivity contribution in [2.75, 3.05) is 0 Å². The van der Waals surface area contributed by atoms with Gasteiger partial charge in [0.15, 0.2) is 0 Å². The largest absolute Gasteiger partial charge is 0.349 e. The number of hydrogen-bond acceptors (Lipinski definition) is 1. The molecule has 0 aromatic heterocycles. The first kappa shape index (κ1) is 13.7. The van der Waals surface area contributed by atoms with E-state index < -0.39 is 5.82 Å². The maximum Gasteiger partial charge on any atom is 0.254 e. The predicted octanol–water partition coefficient (Wildman–Crippen LogP) is 3.30. The molecule has 1 aromatic rings. The molecule has 0 spiro atoms. The van der Waals surface area contributed by atoms with E-state index in [0.717, 1.165) is 5.56 Å². The van der Waals surface area contributed by atoms with Gasteiger partial charge in [-0.1, -0.05) is 32.4 Å². The van der Waals surface area contributed by atoms with Crippen LogP contribution in [0.25, 0.3) is 0 Å². The van der Waals surface area contributed by atoms with Gasteiger partial charge < -0.3 is 5.32 Å². The lowest BCUT2D eigenvalue weighted by Gasteiger charge is -2.28. The van der Waals surface area contributed by atoms with Crippen LogP contribution >= 0.6 is 0 Å². The standard InChI is InChI=1S/C14H20FNO/c1-9-6-7-12(15)11(8-9)13(17)16-10(2)14(3,4)5/h6-8,10H,1-5H3,(H,16,17). The summed E-state index contributed by atoms with van der Waals surface area (Å²) in [5, 5.41) is 2.83. The van der Waals surface area contributed by atoms with Gasteiger partial charge in [-0.05, 0) is 31.4 Å². The number of benzene rings is 1. The summed E-state index contributed by atoms with van der Waals surface area (Å²) in [5.41, 5.74) is 0.941. The molecule has 0 fully saturated rings. The Morgan fingerprint density at radius 2 is 1.94 bits per heavy atom. The van der Waals surface area contributed by atoms with Crippen LogP contribution in [0.2, 0.25) is 0 Å². The SMILES string of the molecule is Cc1ccc(F)c(C(=O)NC(C)C(C)(C)C)c1. The van der Waals surface area contributed by atoms with E-state index >= 15 is 0 Å². The quantitative estimate of drug-likeness (QED) is 0.840. The molecule has 1 N–H and O–H groups in total. The molecule has 1 atom stereocenters. The molecular formula is C14H20FNO. The van der Waals surface area contributed by atoms with Crippen LogP contribution in [0.1, 0.15) is 43.6 Å². The van der Waals surface area contributed by atoms with Crippen LogP contribution < -0.4 is 5.32 Å².